The number of ether oxygens (including phenoxy) is 1. The van der Waals surface area contributed by atoms with Crippen LogP contribution in [0.3, 0.4) is 0 Å². The first-order valence-electron chi connectivity index (χ1n) is 8.66. The molecule has 0 aromatic heterocycles. The van der Waals surface area contributed by atoms with Crippen LogP contribution < -0.4 is 9.50 Å². The highest BCUT2D eigenvalue weighted by molar-refractivity contribution is 7.86. The summed E-state index contributed by atoms with van der Waals surface area (Å²) in [4.78, 5) is 23.5. The summed E-state index contributed by atoms with van der Waals surface area (Å²) in [6, 6.07) is 15.7. The van der Waals surface area contributed by atoms with Crippen molar-refractivity contribution >= 4 is 22.0 Å². The van der Waals surface area contributed by atoms with Crippen molar-refractivity contribution in [2.75, 3.05) is 12.8 Å². The Morgan fingerprint density at radius 2 is 1.68 bits per heavy atom. The Bertz CT molecular complexity index is 894. The monoisotopic (exact) mass is 405 g/mol. The predicted molar refractivity (Wildman–Crippen MR) is 104 cm³/mol. The molecule has 2 aromatic rings. The van der Waals surface area contributed by atoms with Crippen molar-refractivity contribution in [3.8, 4) is 5.75 Å². The molecule has 0 aliphatic heterocycles. The third-order valence-corrected chi connectivity index (χ3v) is 4.35. The van der Waals surface area contributed by atoms with Crippen molar-refractivity contribution in [1.29, 1.82) is 0 Å². The van der Waals surface area contributed by atoms with Crippen molar-refractivity contribution in [3.63, 3.8) is 0 Å². The highest BCUT2D eigenvalue weighted by atomic mass is 32.2. The van der Waals surface area contributed by atoms with Gasteiger partial charge in [0.05, 0.1) is 12.7 Å². The quantitative estimate of drug-likeness (QED) is 0.508. The molecule has 1 unspecified atom stereocenters. The van der Waals surface area contributed by atoms with E-state index in [1.807, 2.05) is 30.3 Å². The van der Waals surface area contributed by atoms with E-state index in [-0.39, 0.29) is 37.1 Å². The number of amides is 1. The fourth-order valence-electron chi connectivity index (χ4n) is 2.54. The SMILES string of the molecule is CC(=O)NCC(CC(=O)OCc1ccccc1)c1ccc(OS(C)(=O)=O)cc1. The number of benzene rings is 2. The first-order chi connectivity index (χ1) is 13.2. The molecule has 1 amide bonds. The Kier molecular flexibility index (Phi) is 7.57. The minimum atomic E-state index is -3.62. The van der Waals surface area contributed by atoms with E-state index in [0.29, 0.717) is 0 Å². The number of rotatable bonds is 9. The van der Waals surface area contributed by atoms with Crippen LogP contribution in [0.4, 0.5) is 0 Å². The summed E-state index contributed by atoms with van der Waals surface area (Å²) in [6.07, 6.45) is 1.03. The number of nitrogens with one attached hydrogen (secondary N) is 1. The van der Waals surface area contributed by atoms with Crippen LogP contribution >= 0.6 is 0 Å². The minimum Gasteiger partial charge on any atom is -0.461 e. The molecule has 0 spiro atoms. The van der Waals surface area contributed by atoms with Gasteiger partial charge in [0.2, 0.25) is 5.91 Å². The van der Waals surface area contributed by atoms with Crippen molar-refractivity contribution in [2.45, 2.75) is 25.9 Å². The molecule has 150 valence electrons. The van der Waals surface area contributed by atoms with Crippen LogP contribution in [0.1, 0.15) is 30.4 Å². The topological polar surface area (TPSA) is 98.8 Å². The van der Waals surface area contributed by atoms with Crippen molar-refractivity contribution in [2.24, 2.45) is 0 Å². The smallest absolute Gasteiger partial charge is 0.306 e. The van der Waals surface area contributed by atoms with Crippen LogP contribution in [0.15, 0.2) is 54.6 Å². The summed E-state index contributed by atoms with van der Waals surface area (Å²) >= 11 is 0. The van der Waals surface area contributed by atoms with Crippen molar-refractivity contribution in [1.82, 2.24) is 5.32 Å². The van der Waals surface area contributed by atoms with E-state index in [1.54, 1.807) is 12.1 Å². The molecule has 0 saturated heterocycles. The molecule has 0 aliphatic rings. The lowest BCUT2D eigenvalue weighted by atomic mass is 9.95. The Morgan fingerprint density at radius 3 is 2.25 bits per heavy atom. The maximum atomic E-state index is 12.3. The minimum absolute atomic E-state index is 0.0688. The second kappa shape index (κ2) is 9.89. The lowest BCUT2D eigenvalue weighted by Gasteiger charge is -2.17. The molecule has 0 heterocycles. The fourth-order valence-corrected chi connectivity index (χ4v) is 3.00. The van der Waals surface area contributed by atoms with Crippen LogP contribution in [0, 0.1) is 0 Å². The van der Waals surface area contributed by atoms with E-state index < -0.39 is 16.1 Å². The van der Waals surface area contributed by atoms with Gasteiger partial charge in [0.1, 0.15) is 12.4 Å². The van der Waals surface area contributed by atoms with Crippen LogP contribution in [-0.2, 0) is 31.1 Å². The molecule has 0 aliphatic carbocycles. The first kappa shape index (κ1) is 21.4. The van der Waals surface area contributed by atoms with E-state index in [0.717, 1.165) is 17.4 Å². The molecular formula is C20H23NO6S. The number of carbonyl (C=O) groups excluding carboxylic acids is 2. The maximum absolute atomic E-state index is 12.3. The van der Waals surface area contributed by atoms with Gasteiger partial charge < -0.3 is 14.2 Å². The van der Waals surface area contributed by atoms with Gasteiger partial charge in [0.25, 0.3) is 0 Å². The number of esters is 1. The number of hydrogen-bond acceptors (Lipinski definition) is 6. The van der Waals surface area contributed by atoms with E-state index in [2.05, 4.69) is 5.32 Å². The molecular weight excluding hydrogens is 382 g/mol. The van der Waals surface area contributed by atoms with E-state index in [9.17, 15) is 18.0 Å². The van der Waals surface area contributed by atoms with Gasteiger partial charge in [-0.15, -0.1) is 0 Å². The molecule has 2 aromatic carbocycles. The standard InChI is InChI=1S/C20H23NO6S/c1-15(22)21-13-18(12-20(23)26-14-16-6-4-3-5-7-16)17-8-10-19(11-9-17)27-28(2,24)25/h3-11,18H,12-14H2,1-2H3,(H,21,22). The molecule has 8 heteroatoms. The molecule has 1 N–H and O–H groups in total. The summed E-state index contributed by atoms with van der Waals surface area (Å²) in [5, 5.41) is 2.70. The lowest BCUT2D eigenvalue weighted by Crippen LogP contribution is -2.27. The maximum Gasteiger partial charge on any atom is 0.306 e. The first-order valence-corrected chi connectivity index (χ1v) is 10.5. The molecule has 0 fully saturated rings. The Balaban J connectivity index is 2.04. The normalized spacial score (nSPS) is 12.1. The Morgan fingerprint density at radius 1 is 1.04 bits per heavy atom. The van der Waals surface area contributed by atoms with Crippen LogP contribution in [0.2, 0.25) is 0 Å². The van der Waals surface area contributed by atoms with Gasteiger partial charge in [0, 0.05) is 19.4 Å². The lowest BCUT2D eigenvalue weighted by molar-refractivity contribution is -0.145. The van der Waals surface area contributed by atoms with Gasteiger partial charge in [-0.05, 0) is 23.3 Å². The average Bonchev–Trinajstić information content (AvgIpc) is 2.63. The zero-order valence-corrected chi connectivity index (χ0v) is 16.6. The summed E-state index contributed by atoms with van der Waals surface area (Å²) in [7, 11) is -3.62. The predicted octanol–water partition coefficient (Wildman–Crippen LogP) is 2.38. The fraction of sp³-hybridized carbons (Fsp3) is 0.300. The van der Waals surface area contributed by atoms with E-state index in [1.165, 1.54) is 19.1 Å². The van der Waals surface area contributed by atoms with E-state index >= 15 is 0 Å². The second-order valence-electron chi connectivity index (χ2n) is 6.34. The molecule has 7 nitrogen and oxygen atoms in total. The highest BCUT2D eigenvalue weighted by Crippen LogP contribution is 2.23. The summed E-state index contributed by atoms with van der Waals surface area (Å²) in [5.41, 5.74) is 1.64. The van der Waals surface area contributed by atoms with Gasteiger partial charge in [-0.2, -0.15) is 8.42 Å². The molecule has 1 atom stereocenters. The Labute approximate surface area is 164 Å². The number of hydrogen-bond donors (Lipinski definition) is 1. The van der Waals surface area contributed by atoms with E-state index in [4.69, 9.17) is 8.92 Å². The summed E-state index contributed by atoms with van der Waals surface area (Å²) in [6.45, 7) is 1.82. The van der Waals surface area contributed by atoms with Gasteiger partial charge in [-0.1, -0.05) is 42.5 Å². The van der Waals surface area contributed by atoms with Gasteiger partial charge in [0.15, 0.2) is 0 Å². The van der Waals surface area contributed by atoms with Crippen LogP contribution in [0.5, 0.6) is 5.75 Å². The summed E-state index contributed by atoms with van der Waals surface area (Å²) in [5.74, 6) is -0.744. The average molecular weight is 405 g/mol. The number of carbonyl (C=O) groups is 2. The molecule has 2 rings (SSSR count). The third kappa shape index (κ3) is 7.79. The summed E-state index contributed by atoms with van der Waals surface area (Å²) < 4.78 is 32.5. The zero-order valence-electron chi connectivity index (χ0n) is 15.8. The van der Waals surface area contributed by atoms with Gasteiger partial charge in [-0.25, -0.2) is 0 Å². The van der Waals surface area contributed by atoms with Gasteiger partial charge in [-0.3, -0.25) is 9.59 Å². The van der Waals surface area contributed by atoms with Crippen molar-refractivity contribution in [3.05, 3.63) is 65.7 Å². The zero-order chi connectivity index (χ0) is 20.6. The molecule has 0 bridgehead atoms. The Hall–Kier alpha value is -2.87. The van der Waals surface area contributed by atoms with Crippen LogP contribution in [0.25, 0.3) is 0 Å². The van der Waals surface area contributed by atoms with Crippen LogP contribution in [-0.4, -0.2) is 33.1 Å². The second-order valence-corrected chi connectivity index (χ2v) is 7.92. The molecule has 0 saturated carbocycles. The van der Waals surface area contributed by atoms with Crippen molar-refractivity contribution < 1.29 is 26.9 Å². The third-order valence-electron chi connectivity index (χ3n) is 3.85. The largest absolute Gasteiger partial charge is 0.461 e. The molecule has 0 radical (unpaired) electrons. The highest BCUT2D eigenvalue weighted by Gasteiger charge is 2.18. The van der Waals surface area contributed by atoms with Gasteiger partial charge >= 0.3 is 16.1 Å². The molecule has 28 heavy (non-hydrogen) atoms.